The largest absolute Gasteiger partial charge is 0.414 e. The summed E-state index contributed by atoms with van der Waals surface area (Å²) in [5.74, 6) is -0.717. The van der Waals surface area contributed by atoms with E-state index in [1.807, 2.05) is 13.0 Å². The number of aliphatic hydroxyl groups is 1. The third-order valence-corrected chi connectivity index (χ3v) is 3.20. The van der Waals surface area contributed by atoms with E-state index in [0.29, 0.717) is 5.39 Å². The van der Waals surface area contributed by atoms with Crippen molar-refractivity contribution in [1.29, 1.82) is 0 Å². The number of hydrogen-bond acceptors (Lipinski definition) is 2. The number of benzene rings is 2. The smallest absolute Gasteiger partial charge is 0.383 e. The maximum absolute atomic E-state index is 12.3. The van der Waals surface area contributed by atoms with Gasteiger partial charge in [-0.15, -0.1) is 0 Å². The van der Waals surface area contributed by atoms with E-state index in [4.69, 9.17) is 5.11 Å². The van der Waals surface area contributed by atoms with Gasteiger partial charge in [-0.1, -0.05) is 36.4 Å². The fourth-order valence-corrected chi connectivity index (χ4v) is 2.09. The first-order valence-corrected chi connectivity index (χ1v) is 6.07. The Bertz CT molecular complexity index is 647. The molecular weight excluding hydrogens is 269 g/mol. The summed E-state index contributed by atoms with van der Waals surface area (Å²) in [4.78, 5) is 12.0. The maximum Gasteiger partial charge on any atom is 0.414 e. The van der Waals surface area contributed by atoms with Crippen LogP contribution >= 0.6 is 0 Å². The zero-order valence-electron chi connectivity index (χ0n) is 10.7. The summed E-state index contributed by atoms with van der Waals surface area (Å²) in [6.45, 7) is 1.86. The first-order chi connectivity index (χ1) is 9.30. The molecule has 2 aromatic rings. The lowest BCUT2D eigenvalue weighted by atomic mass is 9.95. The Morgan fingerprint density at radius 1 is 1.15 bits per heavy atom. The van der Waals surface area contributed by atoms with Gasteiger partial charge in [0.25, 0.3) is 0 Å². The Labute approximate surface area is 113 Å². The number of ketones is 1. The Balaban J connectivity index is 2.39. The number of fused-ring (bicyclic) bond motifs is 1. The number of alkyl halides is 3. The second-order valence-electron chi connectivity index (χ2n) is 4.66. The Hall–Kier alpha value is -1.88. The summed E-state index contributed by atoms with van der Waals surface area (Å²) in [6, 6.07) is 10.2. The second-order valence-corrected chi connectivity index (χ2v) is 4.66. The van der Waals surface area contributed by atoms with Gasteiger partial charge in [-0.2, -0.15) is 13.2 Å². The molecule has 0 saturated heterocycles. The average molecular weight is 282 g/mol. The van der Waals surface area contributed by atoms with Gasteiger partial charge in [-0.3, -0.25) is 4.79 Å². The molecule has 0 aliphatic carbocycles. The van der Waals surface area contributed by atoms with Crippen LogP contribution in [0, 0.1) is 6.92 Å². The van der Waals surface area contributed by atoms with E-state index in [1.54, 1.807) is 24.3 Å². The molecule has 0 aromatic heterocycles. The molecule has 1 atom stereocenters. The summed E-state index contributed by atoms with van der Waals surface area (Å²) in [6.07, 6.45) is -8.37. The van der Waals surface area contributed by atoms with Crippen molar-refractivity contribution in [2.75, 3.05) is 0 Å². The summed E-state index contributed by atoms with van der Waals surface area (Å²) in [5.41, 5.74) is 1.14. The standard InChI is InChI=1S/C15H13F3O2/c1-9-6-7-12(11-5-3-2-4-10(9)11)13(19)8-14(20)15(16,17)18/h2-7,14,20H,8H2,1H3. The lowest BCUT2D eigenvalue weighted by Gasteiger charge is -2.14. The molecule has 20 heavy (non-hydrogen) atoms. The Kier molecular flexibility index (Phi) is 3.81. The lowest BCUT2D eigenvalue weighted by Crippen LogP contribution is -2.30. The van der Waals surface area contributed by atoms with Gasteiger partial charge in [-0.25, -0.2) is 0 Å². The van der Waals surface area contributed by atoms with Crippen molar-refractivity contribution in [1.82, 2.24) is 0 Å². The highest BCUT2D eigenvalue weighted by molar-refractivity contribution is 6.09. The van der Waals surface area contributed by atoms with Crippen molar-refractivity contribution in [2.45, 2.75) is 25.6 Å². The Morgan fingerprint density at radius 2 is 1.75 bits per heavy atom. The minimum atomic E-state index is -4.78. The fourth-order valence-electron chi connectivity index (χ4n) is 2.09. The molecule has 2 rings (SSSR count). The molecule has 0 aliphatic rings. The average Bonchev–Trinajstić information content (AvgIpc) is 2.38. The van der Waals surface area contributed by atoms with Gasteiger partial charge in [0, 0.05) is 12.0 Å². The number of carbonyl (C=O) groups is 1. The van der Waals surface area contributed by atoms with Gasteiger partial charge in [0.15, 0.2) is 11.9 Å². The molecule has 2 nitrogen and oxygen atoms in total. The molecule has 0 aliphatic heterocycles. The number of halogens is 3. The van der Waals surface area contributed by atoms with E-state index >= 15 is 0 Å². The van der Waals surface area contributed by atoms with Crippen molar-refractivity contribution >= 4 is 16.6 Å². The van der Waals surface area contributed by atoms with Gasteiger partial charge in [0.05, 0.1) is 0 Å². The minimum Gasteiger partial charge on any atom is -0.383 e. The Morgan fingerprint density at radius 3 is 2.35 bits per heavy atom. The fraction of sp³-hybridized carbons (Fsp3) is 0.267. The van der Waals surface area contributed by atoms with Gasteiger partial charge in [0.2, 0.25) is 0 Å². The highest BCUT2D eigenvalue weighted by Crippen LogP contribution is 2.27. The van der Waals surface area contributed by atoms with Crippen LogP contribution in [0.15, 0.2) is 36.4 Å². The van der Waals surface area contributed by atoms with Crippen LogP contribution in [0.1, 0.15) is 22.3 Å². The number of aryl methyl sites for hydroxylation is 1. The number of aliphatic hydroxyl groups excluding tert-OH is 1. The summed E-state index contributed by atoms with van der Waals surface area (Å²) in [7, 11) is 0. The normalized spacial score (nSPS) is 13.4. The molecule has 5 heteroatoms. The molecule has 0 heterocycles. The van der Waals surface area contributed by atoms with E-state index in [2.05, 4.69) is 0 Å². The molecule has 0 spiro atoms. The molecule has 0 amide bonds. The molecule has 0 radical (unpaired) electrons. The molecule has 106 valence electrons. The van der Waals surface area contributed by atoms with Gasteiger partial charge in [-0.05, 0) is 23.3 Å². The third kappa shape index (κ3) is 2.82. The third-order valence-electron chi connectivity index (χ3n) is 3.20. The van der Waals surface area contributed by atoms with Crippen LogP contribution in [0.2, 0.25) is 0 Å². The number of rotatable bonds is 3. The van der Waals surface area contributed by atoms with Crippen LogP contribution in [0.25, 0.3) is 10.8 Å². The zero-order chi connectivity index (χ0) is 14.9. The van der Waals surface area contributed by atoms with Crippen LogP contribution in [0.3, 0.4) is 0 Å². The second kappa shape index (κ2) is 5.25. The van der Waals surface area contributed by atoms with E-state index in [1.165, 1.54) is 6.07 Å². The topological polar surface area (TPSA) is 37.3 Å². The highest BCUT2D eigenvalue weighted by Gasteiger charge is 2.39. The van der Waals surface area contributed by atoms with Crippen LogP contribution in [-0.2, 0) is 0 Å². The van der Waals surface area contributed by atoms with E-state index < -0.39 is 24.5 Å². The summed E-state index contributed by atoms with van der Waals surface area (Å²) < 4.78 is 36.9. The monoisotopic (exact) mass is 282 g/mol. The van der Waals surface area contributed by atoms with Crippen LogP contribution in [0.4, 0.5) is 13.2 Å². The molecule has 2 aromatic carbocycles. The first kappa shape index (κ1) is 14.5. The molecular formula is C15H13F3O2. The molecule has 1 unspecified atom stereocenters. The summed E-state index contributed by atoms with van der Waals surface area (Å²) >= 11 is 0. The number of carbonyl (C=O) groups excluding carboxylic acids is 1. The van der Waals surface area contributed by atoms with E-state index in [0.717, 1.165) is 10.9 Å². The molecule has 0 bridgehead atoms. The first-order valence-electron chi connectivity index (χ1n) is 6.07. The molecule has 1 N–H and O–H groups in total. The van der Waals surface area contributed by atoms with Crippen LogP contribution in [-0.4, -0.2) is 23.2 Å². The predicted octanol–water partition coefficient (Wildman–Crippen LogP) is 3.64. The van der Waals surface area contributed by atoms with E-state index in [-0.39, 0.29) is 5.56 Å². The van der Waals surface area contributed by atoms with Gasteiger partial charge < -0.3 is 5.11 Å². The number of Topliss-reactive ketones (excluding diaryl/α,β-unsaturated/α-hetero) is 1. The van der Waals surface area contributed by atoms with Crippen LogP contribution in [0.5, 0.6) is 0 Å². The summed E-state index contributed by atoms with van der Waals surface area (Å²) in [5, 5.41) is 10.4. The maximum atomic E-state index is 12.3. The van der Waals surface area contributed by atoms with Crippen molar-refractivity contribution in [3.63, 3.8) is 0 Å². The van der Waals surface area contributed by atoms with E-state index in [9.17, 15) is 18.0 Å². The zero-order valence-corrected chi connectivity index (χ0v) is 10.7. The van der Waals surface area contributed by atoms with Gasteiger partial charge >= 0.3 is 6.18 Å². The molecule has 0 fully saturated rings. The van der Waals surface area contributed by atoms with Gasteiger partial charge in [0.1, 0.15) is 0 Å². The van der Waals surface area contributed by atoms with Crippen LogP contribution < -0.4 is 0 Å². The predicted molar refractivity (Wildman–Crippen MR) is 69.7 cm³/mol. The molecule has 0 saturated carbocycles. The van der Waals surface area contributed by atoms with Crippen molar-refractivity contribution < 1.29 is 23.1 Å². The lowest BCUT2D eigenvalue weighted by molar-refractivity contribution is -0.202. The van der Waals surface area contributed by atoms with Crippen molar-refractivity contribution in [2.24, 2.45) is 0 Å². The highest BCUT2D eigenvalue weighted by atomic mass is 19.4. The SMILES string of the molecule is Cc1ccc(C(=O)CC(O)C(F)(F)F)c2ccccc12. The van der Waals surface area contributed by atoms with Crippen molar-refractivity contribution in [3.05, 3.63) is 47.5 Å². The number of hydrogen-bond donors (Lipinski definition) is 1. The van der Waals surface area contributed by atoms with Crippen molar-refractivity contribution in [3.8, 4) is 0 Å². The minimum absolute atomic E-state index is 0.203. The quantitative estimate of drug-likeness (QED) is 0.873.